The number of thiazole rings is 1. The van der Waals surface area contributed by atoms with Crippen molar-refractivity contribution in [3.63, 3.8) is 0 Å². The minimum Gasteiger partial charge on any atom is -0.351 e. The fraction of sp³-hybridized carbons (Fsp3) is 0.286. The van der Waals surface area contributed by atoms with Gasteiger partial charge in [0.1, 0.15) is 5.01 Å². The van der Waals surface area contributed by atoms with Crippen LogP contribution in [-0.4, -0.2) is 33.7 Å². The van der Waals surface area contributed by atoms with E-state index in [2.05, 4.69) is 10.3 Å². The maximum atomic E-state index is 11.9. The lowest BCUT2D eigenvalue weighted by Crippen LogP contribution is -2.27. The summed E-state index contributed by atoms with van der Waals surface area (Å²) in [6.07, 6.45) is 1.62. The molecule has 7 heteroatoms. The Hall–Kier alpha value is -1.24. The van der Waals surface area contributed by atoms with Gasteiger partial charge in [-0.2, -0.15) is 0 Å². The Morgan fingerprint density at radius 3 is 2.67 bits per heavy atom. The van der Waals surface area contributed by atoms with Crippen LogP contribution in [0.2, 0.25) is 0 Å². The highest BCUT2D eigenvalue weighted by atomic mass is 35.5. The Kier molecular flexibility index (Phi) is 5.90. The molecule has 0 spiro atoms. The molecule has 1 unspecified atom stereocenters. The molecule has 1 atom stereocenters. The van der Waals surface area contributed by atoms with E-state index in [4.69, 9.17) is 11.6 Å². The van der Waals surface area contributed by atoms with Gasteiger partial charge in [-0.3, -0.25) is 9.00 Å². The first-order chi connectivity index (χ1) is 10.1. The molecule has 1 heterocycles. The zero-order valence-electron chi connectivity index (χ0n) is 11.5. The van der Waals surface area contributed by atoms with E-state index in [1.54, 1.807) is 18.4 Å². The van der Waals surface area contributed by atoms with Crippen LogP contribution in [0.4, 0.5) is 0 Å². The van der Waals surface area contributed by atoms with E-state index in [-0.39, 0.29) is 5.91 Å². The average Bonchev–Trinajstić information content (AvgIpc) is 2.96. The van der Waals surface area contributed by atoms with Crippen molar-refractivity contribution in [3.8, 4) is 10.6 Å². The van der Waals surface area contributed by atoms with Gasteiger partial charge in [0, 0.05) is 45.9 Å². The van der Waals surface area contributed by atoms with Crippen LogP contribution in [0.5, 0.6) is 0 Å². The highest BCUT2D eigenvalue weighted by Gasteiger charge is 2.08. The molecule has 0 aliphatic carbocycles. The lowest BCUT2D eigenvalue weighted by molar-refractivity contribution is 0.0956. The molecule has 2 aromatic rings. The topological polar surface area (TPSA) is 59.1 Å². The van der Waals surface area contributed by atoms with Gasteiger partial charge in [0.05, 0.1) is 11.6 Å². The Balaban J connectivity index is 2.01. The molecule has 2 rings (SSSR count). The fourth-order valence-electron chi connectivity index (χ4n) is 1.68. The fourth-order valence-corrected chi connectivity index (χ4v) is 3.12. The number of carbonyl (C=O) groups excluding carboxylic acids is 1. The van der Waals surface area contributed by atoms with Crippen LogP contribution in [-0.2, 0) is 16.7 Å². The SMILES string of the molecule is CS(=O)CCNC(=O)c1ccc(-c2nc(CCl)cs2)cc1. The van der Waals surface area contributed by atoms with Crippen molar-refractivity contribution >= 4 is 39.6 Å². The number of nitrogens with zero attached hydrogens (tertiary/aromatic N) is 1. The second kappa shape index (κ2) is 7.68. The predicted molar refractivity (Wildman–Crippen MR) is 88.4 cm³/mol. The summed E-state index contributed by atoms with van der Waals surface area (Å²) in [5, 5.41) is 5.55. The minimum atomic E-state index is -0.898. The lowest BCUT2D eigenvalue weighted by Gasteiger charge is -2.04. The number of benzene rings is 1. The van der Waals surface area contributed by atoms with Crippen molar-refractivity contribution in [1.29, 1.82) is 0 Å². The van der Waals surface area contributed by atoms with E-state index in [0.29, 0.717) is 23.7 Å². The number of halogens is 1. The number of rotatable bonds is 6. The van der Waals surface area contributed by atoms with Crippen LogP contribution in [0.15, 0.2) is 29.6 Å². The van der Waals surface area contributed by atoms with Crippen LogP contribution in [0.25, 0.3) is 10.6 Å². The molecule has 0 fully saturated rings. The van der Waals surface area contributed by atoms with Gasteiger partial charge in [-0.25, -0.2) is 4.98 Å². The zero-order valence-corrected chi connectivity index (χ0v) is 13.9. The van der Waals surface area contributed by atoms with E-state index in [1.807, 2.05) is 17.5 Å². The van der Waals surface area contributed by atoms with Crippen LogP contribution < -0.4 is 5.32 Å². The second-order valence-electron chi connectivity index (χ2n) is 4.39. The molecule has 21 heavy (non-hydrogen) atoms. The van der Waals surface area contributed by atoms with Crippen molar-refractivity contribution in [2.24, 2.45) is 0 Å². The van der Waals surface area contributed by atoms with Gasteiger partial charge in [0.15, 0.2) is 0 Å². The Bertz CT molecular complexity index is 641. The first-order valence-electron chi connectivity index (χ1n) is 6.29. The number of alkyl halides is 1. The Morgan fingerprint density at radius 2 is 2.10 bits per heavy atom. The minimum absolute atomic E-state index is 0.160. The lowest BCUT2D eigenvalue weighted by atomic mass is 10.1. The molecule has 1 aromatic heterocycles. The normalized spacial score (nSPS) is 12.1. The molecule has 1 amide bonds. The van der Waals surface area contributed by atoms with Crippen LogP contribution >= 0.6 is 22.9 Å². The maximum absolute atomic E-state index is 11.9. The summed E-state index contributed by atoms with van der Waals surface area (Å²) in [5.41, 5.74) is 2.39. The molecular weight excluding hydrogens is 328 g/mol. The molecule has 0 bridgehead atoms. The Labute approximate surface area is 135 Å². The number of nitrogens with one attached hydrogen (secondary N) is 1. The molecule has 0 aliphatic rings. The van der Waals surface area contributed by atoms with Crippen molar-refractivity contribution < 1.29 is 9.00 Å². The predicted octanol–water partition coefficient (Wildman–Crippen LogP) is 2.66. The first-order valence-corrected chi connectivity index (χ1v) is 9.43. The van der Waals surface area contributed by atoms with Crippen molar-refractivity contribution in [2.75, 3.05) is 18.6 Å². The Morgan fingerprint density at radius 1 is 1.38 bits per heavy atom. The summed E-state index contributed by atoms with van der Waals surface area (Å²) in [7, 11) is -0.898. The van der Waals surface area contributed by atoms with E-state index >= 15 is 0 Å². The van der Waals surface area contributed by atoms with Gasteiger partial charge in [-0.1, -0.05) is 12.1 Å². The third-order valence-corrected chi connectivity index (χ3v) is 4.75. The molecule has 112 valence electrons. The summed E-state index contributed by atoms with van der Waals surface area (Å²) in [5.74, 6) is 0.701. The molecule has 1 N–H and O–H groups in total. The quantitative estimate of drug-likeness (QED) is 0.821. The maximum Gasteiger partial charge on any atom is 0.251 e. The van der Waals surface area contributed by atoms with Crippen molar-refractivity contribution in [1.82, 2.24) is 10.3 Å². The molecular formula is C14H15ClN2O2S2. The molecule has 0 saturated carbocycles. The first kappa shape index (κ1) is 16.1. The van der Waals surface area contributed by atoms with Crippen LogP contribution in [0.3, 0.4) is 0 Å². The summed E-state index contributed by atoms with van der Waals surface area (Å²) < 4.78 is 10.9. The monoisotopic (exact) mass is 342 g/mol. The van der Waals surface area contributed by atoms with Gasteiger partial charge in [-0.05, 0) is 12.1 Å². The molecule has 4 nitrogen and oxygen atoms in total. The van der Waals surface area contributed by atoms with E-state index in [9.17, 15) is 9.00 Å². The standard InChI is InChI=1S/C14H15ClN2O2S2/c1-21(19)7-6-16-13(18)10-2-4-11(5-3-10)14-17-12(8-15)9-20-14/h2-5,9H,6-8H2,1H3,(H,16,18). The van der Waals surface area contributed by atoms with Gasteiger partial charge in [0.2, 0.25) is 0 Å². The highest BCUT2D eigenvalue weighted by Crippen LogP contribution is 2.24. The van der Waals surface area contributed by atoms with Crippen LogP contribution in [0.1, 0.15) is 16.1 Å². The van der Waals surface area contributed by atoms with E-state index in [0.717, 1.165) is 16.3 Å². The average molecular weight is 343 g/mol. The largest absolute Gasteiger partial charge is 0.351 e. The zero-order chi connectivity index (χ0) is 15.2. The van der Waals surface area contributed by atoms with Crippen LogP contribution in [0, 0.1) is 0 Å². The summed E-state index contributed by atoms with van der Waals surface area (Å²) in [4.78, 5) is 16.3. The van der Waals surface area contributed by atoms with Crippen molar-refractivity contribution in [2.45, 2.75) is 5.88 Å². The van der Waals surface area contributed by atoms with Gasteiger partial charge < -0.3 is 5.32 Å². The third kappa shape index (κ3) is 4.62. The molecule has 0 saturated heterocycles. The molecule has 0 aliphatic heterocycles. The van der Waals surface area contributed by atoms with Crippen molar-refractivity contribution in [3.05, 3.63) is 40.9 Å². The van der Waals surface area contributed by atoms with Gasteiger partial charge in [-0.15, -0.1) is 22.9 Å². The molecule has 0 radical (unpaired) electrons. The third-order valence-electron chi connectivity index (χ3n) is 2.76. The summed E-state index contributed by atoms with van der Waals surface area (Å²) in [6, 6.07) is 7.25. The van der Waals surface area contributed by atoms with E-state index in [1.165, 1.54) is 11.3 Å². The smallest absolute Gasteiger partial charge is 0.251 e. The number of carbonyl (C=O) groups is 1. The number of aromatic nitrogens is 1. The van der Waals surface area contributed by atoms with Gasteiger partial charge in [0.25, 0.3) is 5.91 Å². The van der Waals surface area contributed by atoms with Gasteiger partial charge >= 0.3 is 0 Å². The number of amides is 1. The summed E-state index contributed by atoms with van der Waals surface area (Å²) in [6.45, 7) is 0.412. The highest BCUT2D eigenvalue weighted by molar-refractivity contribution is 7.84. The molecule has 1 aromatic carbocycles. The van der Waals surface area contributed by atoms with E-state index < -0.39 is 10.8 Å². The number of hydrogen-bond donors (Lipinski definition) is 1. The summed E-state index contributed by atoms with van der Waals surface area (Å²) >= 11 is 7.26. The second-order valence-corrected chi connectivity index (χ2v) is 7.07. The number of hydrogen-bond acceptors (Lipinski definition) is 4.